The van der Waals surface area contributed by atoms with Crippen LogP contribution in [0.4, 0.5) is 0 Å². The highest BCUT2D eigenvalue weighted by molar-refractivity contribution is 7.24. The largest absolute Gasteiger partial charge is 0.363 e. The molecule has 3 aliphatic rings. The molecule has 53 heavy (non-hydrogen) atoms. The van der Waals surface area contributed by atoms with E-state index in [0.717, 1.165) is 53.9 Å². The zero-order chi connectivity index (χ0) is 36.8. The SMILES string of the molecule is Cn1c2c(c3cc(C(=O)ON4C(=O)CCC4=O)ccc31)[Si](c1ccccc1)(c1ccccc1)c1c-2n(C)c2ccc(C(=O)ON3C(=O)CCC3=O)cc12. The van der Waals surface area contributed by atoms with E-state index in [1.165, 1.54) is 0 Å². The number of nitrogens with zero attached hydrogens (tertiary/aromatic N) is 4. The number of imide groups is 2. The fourth-order valence-electron chi connectivity index (χ4n) is 8.29. The fraction of sp³-hybridized carbons (Fsp3) is 0.150. The van der Waals surface area contributed by atoms with Gasteiger partial charge in [-0.15, -0.1) is 10.1 Å². The number of carbonyl (C=O) groups is 6. The van der Waals surface area contributed by atoms with Gasteiger partial charge in [-0.05, 0) is 57.1 Å². The van der Waals surface area contributed by atoms with Gasteiger partial charge in [0, 0.05) is 61.6 Å². The molecule has 13 heteroatoms. The van der Waals surface area contributed by atoms with E-state index in [9.17, 15) is 28.8 Å². The van der Waals surface area contributed by atoms with Crippen molar-refractivity contribution in [2.75, 3.05) is 0 Å². The topological polar surface area (TPSA) is 137 Å². The molecule has 2 fully saturated rings. The maximum absolute atomic E-state index is 13.5. The Kier molecular flexibility index (Phi) is 7.14. The van der Waals surface area contributed by atoms with Gasteiger partial charge in [0.15, 0.2) is 8.07 Å². The minimum absolute atomic E-state index is 0.0141. The zero-order valence-electron chi connectivity index (χ0n) is 28.6. The summed E-state index contributed by atoms with van der Waals surface area (Å²) >= 11 is 0. The molecule has 9 rings (SSSR count). The molecular weight excluding hydrogens is 693 g/mol. The molecule has 0 bridgehead atoms. The van der Waals surface area contributed by atoms with Crippen LogP contribution in [0.5, 0.6) is 0 Å². The first-order valence-corrected chi connectivity index (χ1v) is 19.1. The Balaban J connectivity index is 1.31. The summed E-state index contributed by atoms with van der Waals surface area (Å²) in [6.45, 7) is 0. The molecule has 0 unspecified atom stereocenters. The first kappa shape index (κ1) is 32.3. The Morgan fingerprint density at radius 2 is 0.887 bits per heavy atom. The Hall–Kier alpha value is -6.60. The summed E-state index contributed by atoms with van der Waals surface area (Å²) < 4.78 is 4.23. The maximum atomic E-state index is 13.5. The minimum atomic E-state index is -3.33. The third-order valence-corrected chi connectivity index (χ3v) is 15.5. The van der Waals surface area contributed by atoms with Crippen molar-refractivity contribution in [1.82, 2.24) is 19.3 Å². The predicted molar refractivity (Wildman–Crippen MR) is 195 cm³/mol. The van der Waals surface area contributed by atoms with E-state index in [1.807, 2.05) is 62.6 Å². The molecule has 0 aliphatic carbocycles. The van der Waals surface area contributed by atoms with Gasteiger partial charge in [0.05, 0.1) is 22.5 Å². The lowest BCUT2D eigenvalue weighted by Gasteiger charge is -2.31. The number of carbonyl (C=O) groups excluding carboxylic acids is 6. The number of hydrogen-bond donors (Lipinski definition) is 0. The summed E-state index contributed by atoms with van der Waals surface area (Å²) in [6, 6.07) is 30.9. The van der Waals surface area contributed by atoms with Crippen molar-refractivity contribution in [1.29, 1.82) is 0 Å². The van der Waals surface area contributed by atoms with Gasteiger partial charge in [-0.1, -0.05) is 60.7 Å². The molecule has 12 nitrogen and oxygen atoms in total. The van der Waals surface area contributed by atoms with E-state index in [2.05, 4.69) is 33.4 Å². The summed E-state index contributed by atoms with van der Waals surface area (Å²) in [6.07, 6.45) is -0.0565. The number of aryl methyl sites for hydroxylation is 2. The highest BCUT2D eigenvalue weighted by Gasteiger charge is 2.54. The number of benzene rings is 4. The second-order valence-electron chi connectivity index (χ2n) is 13.4. The van der Waals surface area contributed by atoms with Gasteiger partial charge in [0.2, 0.25) is 0 Å². The molecule has 4 aromatic carbocycles. The Morgan fingerprint density at radius 1 is 0.528 bits per heavy atom. The van der Waals surface area contributed by atoms with Gasteiger partial charge in [0.1, 0.15) is 0 Å². The van der Waals surface area contributed by atoms with Crippen LogP contribution in [0.25, 0.3) is 33.2 Å². The van der Waals surface area contributed by atoms with Crippen molar-refractivity contribution in [2.45, 2.75) is 25.7 Å². The summed E-state index contributed by atoms with van der Waals surface area (Å²) in [7, 11) is 0.636. The Labute approximate surface area is 302 Å². The van der Waals surface area contributed by atoms with Gasteiger partial charge in [0.25, 0.3) is 23.6 Å². The van der Waals surface area contributed by atoms with E-state index in [0.29, 0.717) is 10.1 Å². The number of amides is 4. The fourth-order valence-corrected chi connectivity index (χ4v) is 13.9. The molecule has 0 spiro atoms. The van der Waals surface area contributed by atoms with Gasteiger partial charge in [-0.25, -0.2) is 9.59 Å². The summed E-state index contributed by atoms with van der Waals surface area (Å²) in [4.78, 5) is 87.0. The molecule has 2 aromatic heterocycles. The van der Waals surface area contributed by atoms with Crippen molar-refractivity contribution in [3.8, 4) is 11.4 Å². The number of fused-ring (bicyclic) bond motifs is 7. The van der Waals surface area contributed by atoms with Crippen LogP contribution in [-0.4, -0.2) is 62.9 Å². The average molecular weight is 723 g/mol. The van der Waals surface area contributed by atoms with E-state index < -0.39 is 43.6 Å². The van der Waals surface area contributed by atoms with Crippen molar-refractivity contribution >= 4 is 86.2 Å². The molecule has 6 aromatic rings. The van der Waals surface area contributed by atoms with Crippen LogP contribution in [0.1, 0.15) is 46.4 Å². The van der Waals surface area contributed by atoms with Crippen molar-refractivity contribution < 1.29 is 38.4 Å². The van der Waals surface area contributed by atoms with E-state index in [-0.39, 0.29) is 36.8 Å². The molecule has 3 aliphatic heterocycles. The summed E-state index contributed by atoms with van der Waals surface area (Å²) in [5.41, 5.74) is 3.98. The normalized spacial score (nSPS) is 16.2. The van der Waals surface area contributed by atoms with Crippen LogP contribution in [0.15, 0.2) is 97.1 Å². The second-order valence-corrected chi connectivity index (χ2v) is 17.1. The Bertz CT molecular complexity index is 2410. The van der Waals surface area contributed by atoms with Gasteiger partial charge >= 0.3 is 11.9 Å². The molecule has 262 valence electrons. The summed E-state index contributed by atoms with van der Waals surface area (Å²) in [5.74, 6) is -3.89. The number of hydroxylamine groups is 4. The quantitative estimate of drug-likeness (QED) is 0.189. The molecule has 2 saturated heterocycles. The maximum Gasteiger partial charge on any atom is 0.363 e. The molecule has 0 radical (unpaired) electrons. The highest BCUT2D eigenvalue weighted by atomic mass is 28.3. The average Bonchev–Trinajstić information content (AvgIpc) is 3.94. The first-order chi connectivity index (χ1) is 25.6. The lowest BCUT2D eigenvalue weighted by molar-refractivity contribution is -0.173. The number of aromatic nitrogens is 2. The monoisotopic (exact) mass is 722 g/mol. The highest BCUT2D eigenvalue weighted by Crippen LogP contribution is 2.39. The second kappa shape index (κ2) is 11.7. The van der Waals surface area contributed by atoms with Crippen molar-refractivity contribution in [3.63, 3.8) is 0 Å². The number of rotatable bonds is 6. The van der Waals surface area contributed by atoms with Gasteiger partial charge in [-0.3, -0.25) is 19.2 Å². The molecule has 0 atom stereocenters. The van der Waals surface area contributed by atoms with Crippen molar-refractivity contribution in [2.24, 2.45) is 14.1 Å². The molecule has 0 saturated carbocycles. The molecular formula is C40H30N4O8Si. The van der Waals surface area contributed by atoms with Gasteiger partial charge in [-0.2, -0.15) is 0 Å². The van der Waals surface area contributed by atoms with E-state index in [4.69, 9.17) is 9.68 Å². The van der Waals surface area contributed by atoms with E-state index in [1.54, 1.807) is 24.3 Å². The van der Waals surface area contributed by atoms with Crippen LogP contribution in [-0.2, 0) is 42.9 Å². The van der Waals surface area contributed by atoms with Crippen LogP contribution in [0, 0.1) is 0 Å². The smallest absolute Gasteiger partial charge is 0.342 e. The first-order valence-electron chi connectivity index (χ1n) is 17.1. The molecule has 5 heterocycles. The van der Waals surface area contributed by atoms with Crippen molar-refractivity contribution in [3.05, 3.63) is 108 Å². The van der Waals surface area contributed by atoms with Crippen LogP contribution >= 0.6 is 0 Å². The predicted octanol–water partition coefficient (Wildman–Crippen LogP) is 2.47. The standard InChI is InChI=1S/C40H30N4O8Si/c1-41-29-15-13-23(39(49)51-43-31(45)17-18-32(43)46)21-27(29)37-35(41)36-38(53(37,25-9-5-3-6-10-25)26-11-7-4-8-12-26)28-22-24(14-16-30(28)42(36)2)40(50)52-44-33(47)19-20-34(44)48/h3-16,21-22H,17-20H2,1-2H3. The lowest BCUT2D eigenvalue weighted by atomic mass is 10.1. The molecule has 0 N–H and O–H groups in total. The van der Waals surface area contributed by atoms with E-state index >= 15 is 0 Å². The number of hydrogen-bond acceptors (Lipinski definition) is 8. The van der Waals surface area contributed by atoms with Crippen LogP contribution in [0.3, 0.4) is 0 Å². The third-order valence-electron chi connectivity index (χ3n) is 10.6. The summed E-state index contributed by atoms with van der Waals surface area (Å²) in [5, 5.41) is 6.90. The lowest BCUT2D eigenvalue weighted by Crippen LogP contribution is -2.72. The minimum Gasteiger partial charge on any atom is -0.342 e. The molecule has 4 amide bonds. The van der Waals surface area contributed by atoms with Crippen LogP contribution in [0.2, 0.25) is 0 Å². The Morgan fingerprint density at radius 3 is 1.25 bits per heavy atom. The van der Waals surface area contributed by atoms with Crippen LogP contribution < -0.4 is 20.7 Å². The third kappa shape index (κ3) is 4.53. The zero-order valence-corrected chi connectivity index (χ0v) is 29.6. The van der Waals surface area contributed by atoms with Gasteiger partial charge < -0.3 is 18.8 Å².